The van der Waals surface area contributed by atoms with E-state index in [4.69, 9.17) is 0 Å². The summed E-state index contributed by atoms with van der Waals surface area (Å²) in [5.74, 6) is 1.20. The number of nitrogens with zero attached hydrogens (tertiary/aromatic N) is 2. The highest BCUT2D eigenvalue weighted by Gasteiger charge is 2.27. The van der Waals surface area contributed by atoms with Gasteiger partial charge >= 0.3 is 0 Å². The molecule has 3 nitrogen and oxygen atoms in total. The third-order valence-electron chi connectivity index (χ3n) is 3.09. The number of aromatic nitrogens is 1. The Morgan fingerprint density at radius 3 is 3.00 bits per heavy atom. The summed E-state index contributed by atoms with van der Waals surface area (Å²) >= 11 is 1.74. The average Bonchev–Trinajstić information content (AvgIpc) is 2.79. The molecule has 1 fully saturated rings. The van der Waals surface area contributed by atoms with Crippen LogP contribution in [0.4, 0.5) is 0 Å². The van der Waals surface area contributed by atoms with Gasteiger partial charge in [0.15, 0.2) is 0 Å². The summed E-state index contributed by atoms with van der Waals surface area (Å²) in [4.78, 5) is 17.9. The maximum Gasteiger partial charge on any atom is 0.219 e. The first-order valence-electron chi connectivity index (χ1n) is 6.08. The Kier molecular flexibility index (Phi) is 4.05. The van der Waals surface area contributed by atoms with Crippen LogP contribution in [0.15, 0.2) is 23.4 Å². The van der Waals surface area contributed by atoms with Gasteiger partial charge in [0.05, 0.1) is 11.1 Å². The highest BCUT2D eigenvalue weighted by atomic mass is 32.2. The lowest BCUT2D eigenvalue weighted by atomic mass is 10.1. The van der Waals surface area contributed by atoms with E-state index in [2.05, 4.69) is 24.0 Å². The fourth-order valence-electron chi connectivity index (χ4n) is 2.31. The maximum atomic E-state index is 11.5. The minimum atomic E-state index is 0.166. The summed E-state index contributed by atoms with van der Waals surface area (Å²) in [6, 6.07) is 4.40. The van der Waals surface area contributed by atoms with Gasteiger partial charge in [-0.3, -0.25) is 4.79 Å². The van der Waals surface area contributed by atoms with Crippen LogP contribution in [-0.4, -0.2) is 28.1 Å². The van der Waals surface area contributed by atoms with E-state index < -0.39 is 0 Å². The van der Waals surface area contributed by atoms with Gasteiger partial charge in [-0.1, -0.05) is 13.0 Å². The smallest absolute Gasteiger partial charge is 0.219 e. The molecule has 17 heavy (non-hydrogen) atoms. The van der Waals surface area contributed by atoms with Gasteiger partial charge in [-0.2, -0.15) is 0 Å². The molecular formula is C13H18N2OS. The quantitative estimate of drug-likeness (QED) is 0.773. The summed E-state index contributed by atoms with van der Waals surface area (Å²) in [5.41, 5.74) is 1.16. The molecule has 2 heterocycles. The van der Waals surface area contributed by atoms with Crippen molar-refractivity contribution in [1.29, 1.82) is 0 Å². The normalized spacial score (nSPS) is 19.6. The fraction of sp³-hybridized carbons (Fsp3) is 0.538. The maximum absolute atomic E-state index is 11.5. The van der Waals surface area contributed by atoms with Crippen LogP contribution in [0.5, 0.6) is 0 Å². The number of amides is 1. The summed E-state index contributed by atoms with van der Waals surface area (Å²) in [6.07, 6.45) is 4.07. The SMILES string of the molecule is CCSc1ccc([C@@H]2CCCN2C(C)=O)cn1. The van der Waals surface area contributed by atoms with Crippen molar-refractivity contribution in [3.05, 3.63) is 23.9 Å². The van der Waals surface area contributed by atoms with Crippen LogP contribution >= 0.6 is 11.8 Å². The molecule has 1 amide bonds. The van der Waals surface area contributed by atoms with E-state index in [0.29, 0.717) is 0 Å². The first-order valence-corrected chi connectivity index (χ1v) is 7.07. The van der Waals surface area contributed by atoms with Crippen LogP contribution in [0.3, 0.4) is 0 Å². The molecule has 0 N–H and O–H groups in total. The van der Waals surface area contributed by atoms with Crippen LogP contribution in [0.1, 0.15) is 38.3 Å². The third kappa shape index (κ3) is 2.80. The van der Waals surface area contributed by atoms with Crippen molar-refractivity contribution < 1.29 is 4.79 Å². The molecule has 1 aliphatic rings. The van der Waals surface area contributed by atoms with Crippen molar-refractivity contribution >= 4 is 17.7 Å². The van der Waals surface area contributed by atoms with Gasteiger partial charge in [0, 0.05) is 19.7 Å². The molecule has 1 aliphatic heterocycles. The molecule has 0 radical (unpaired) electrons. The number of rotatable bonds is 3. The Balaban J connectivity index is 2.13. The van der Waals surface area contributed by atoms with E-state index in [-0.39, 0.29) is 11.9 Å². The van der Waals surface area contributed by atoms with Crippen LogP contribution in [0.2, 0.25) is 0 Å². The first kappa shape index (κ1) is 12.4. The molecule has 0 aliphatic carbocycles. The van der Waals surface area contributed by atoms with Crippen LogP contribution < -0.4 is 0 Å². The number of hydrogen-bond donors (Lipinski definition) is 0. The molecule has 1 atom stereocenters. The molecule has 0 aromatic carbocycles. The van der Waals surface area contributed by atoms with Gasteiger partial charge in [-0.25, -0.2) is 4.98 Å². The van der Waals surface area contributed by atoms with Gasteiger partial charge in [0.2, 0.25) is 5.91 Å². The molecule has 4 heteroatoms. The minimum absolute atomic E-state index is 0.166. The molecule has 1 aromatic heterocycles. The molecule has 0 unspecified atom stereocenters. The van der Waals surface area contributed by atoms with Gasteiger partial charge in [-0.05, 0) is 30.2 Å². The van der Waals surface area contributed by atoms with Gasteiger partial charge < -0.3 is 4.90 Å². The second-order valence-corrected chi connectivity index (χ2v) is 5.52. The Morgan fingerprint density at radius 2 is 2.41 bits per heavy atom. The summed E-state index contributed by atoms with van der Waals surface area (Å²) in [7, 11) is 0. The van der Waals surface area contributed by atoms with Crippen LogP contribution in [-0.2, 0) is 4.79 Å². The Hall–Kier alpha value is -1.03. The molecule has 0 spiro atoms. The molecule has 0 saturated carbocycles. The summed E-state index contributed by atoms with van der Waals surface area (Å²) in [6.45, 7) is 4.65. The second kappa shape index (κ2) is 5.54. The topological polar surface area (TPSA) is 33.2 Å². The number of thioether (sulfide) groups is 1. The van der Waals surface area contributed by atoms with Gasteiger partial charge in [-0.15, -0.1) is 11.8 Å². The van der Waals surface area contributed by atoms with Gasteiger partial charge in [0.1, 0.15) is 0 Å². The lowest BCUT2D eigenvalue weighted by molar-refractivity contribution is -0.129. The predicted molar refractivity (Wildman–Crippen MR) is 70.0 cm³/mol. The number of likely N-dealkylation sites (tertiary alicyclic amines) is 1. The van der Waals surface area contributed by atoms with E-state index in [1.807, 2.05) is 11.1 Å². The highest BCUT2D eigenvalue weighted by Crippen LogP contribution is 2.32. The van der Waals surface area contributed by atoms with E-state index in [0.717, 1.165) is 35.7 Å². The molecule has 2 rings (SSSR count). The monoisotopic (exact) mass is 250 g/mol. The van der Waals surface area contributed by atoms with Crippen molar-refractivity contribution in [3.8, 4) is 0 Å². The lowest BCUT2D eigenvalue weighted by Crippen LogP contribution is -2.28. The zero-order chi connectivity index (χ0) is 12.3. The predicted octanol–water partition coefficient (Wildman–Crippen LogP) is 2.88. The average molecular weight is 250 g/mol. The zero-order valence-corrected chi connectivity index (χ0v) is 11.2. The number of carbonyl (C=O) groups is 1. The standard InChI is InChI=1S/C13H18N2OS/c1-3-17-13-7-6-11(9-14-13)12-5-4-8-15(12)10(2)16/h6-7,9,12H,3-5,8H2,1-2H3/t12-/m0/s1. The summed E-state index contributed by atoms with van der Waals surface area (Å²) < 4.78 is 0. The van der Waals surface area contributed by atoms with E-state index in [1.165, 1.54) is 0 Å². The number of pyridine rings is 1. The largest absolute Gasteiger partial charge is 0.336 e. The summed E-state index contributed by atoms with van der Waals surface area (Å²) in [5, 5.41) is 1.06. The molecule has 92 valence electrons. The zero-order valence-electron chi connectivity index (χ0n) is 10.3. The van der Waals surface area contributed by atoms with Crippen molar-refractivity contribution in [1.82, 2.24) is 9.88 Å². The van der Waals surface area contributed by atoms with E-state index in [1.54, 1.807) is 18.7 Å². The van der Waals surface area contributed by atoms with E-state index in [9.17, 15) is 4.79 Å². The number of carbonyl (C=O) groups excluding carboxylic acids is 1. The Bertz CT molecular complexity index is 391. The number of hydrogen-bond acceptors (Lipinski definition) is 3. The van der Waals surface area contributed by atoms with E-state index >= 15 is 0 Å². The van der Waals surface area contributed by atoms with Gasteiger partial charge in [0.25, 0.3) is 0 Å². The van der Waals surface area contributed by atoms with Crippen molar-refractivity contribution in [2.75, 3.05) is 12.3 Å². The lowest BCUT2D eigenvalue weighted by Gasteiger charge is -2.23. The third-order valence-corrected chi connectivity index (χ3v) is 3.92. The van der Waals surface area contributed by atoms with Crippen LogP contribution in [0, 0.1) is 0 Å². The minimum Gasteiger partial charge on any atom is -0.336 e. The molecule has 0 bridgehead atoms. The first-order chi connectivity index (χ1) is 8.22. The molecule has 1 aromatic rings. The van der Waals surface area contributed by atoms with Crippen LogP contribution in [0.25, 0.3) is 0 Å². The Labute approximate surface area is 107 Å². The fourth-order valence-corrected chi connectivity index (χ4v) is 2.90. The highest BCUT2D eigenvalue weighted by molar-refractivity contribution is 7.99. The van der Waals surface area contributed by atoms with Crippen molar-refractivity contribution in [2.24, 2.45) is 0 Å². The second-order valence-electron chi connectivity index (χ2n) is 4.23. The molecular weight excluding hydrogens is 232 g/mol. The Morgan fingerprint density at radius 1 is 1.59 bits per heavy atom. The molecule has 1 saturated heterocycles. The van der Waals surface area contributed by atoms with Crippen molar-refractivity contribution in [2.45, 2.75) is 37.8 Å². The van der Waals surface area contributed by atoms with Crippen molar-refractivity contribution in [3.63, 3.8) is 0 Å².